The number of rotatable bonds is 3. The zero-order chi connectivity index (χ0) is 13.3. The van der Waals surface area contributed by atoms with Gasteiger partial charge in [0.25, 0.3) is 0 Å². The number of nitrogens with zero attached hydrogens (tertiary/aromatic N) is 1. The number of nitriles is 1. The molecule has 0 radical (unpaired) electrons. The molecule has 0 amide bonds. The zero-order valence-corrected chi connectivity index (χ0v) is 10.9. The first-order valence-electron chi connectivity index (χ1n) is 5.76. The predicted molar refractivity (Wildman–Crippen MR) is 65.2 cm³/mol. The van der Waals surface area contributed by atoms with Crippen molar-refractivity contribution >= 4 is 5.97 Å². The fourth-order valence-electron chi connectivity index (χ4n) is 1.71. The predicted octanol–water partition coefficient (Wildman–Crippen LogP) is 2.59. The lowest BCUT2D eigenvalue weighted by molar-refractivity contribution is -0.154. The molecule has 0 heterocycles. The second kappa shape index (κ2) is 8.77. The molecule has 0 aromatic carbocycles. The lowest BCUT2D eigenvalue weighted by atomic mass is 9.94. The molecule has 1 saturated carbocycles. The standard InChI is InChI=1S/C11H18O3.C2H3N/c1-8(2)11(12)14-10-7-5-4-6-9(10)13-3;1-2-3/h9-10H,1,4-7H2,2-3H3;1H3. The van der Waals surface area contributed by atoms with Crippen LogP contribution in [0, 0.1) is 11.3 Å². The van der Waals surface area contributed by atoms with Crippen molar-refractivity contribution in [3.63, 3.8) is 0 Å². The first-order valence-corrected chi connectivity index (χ1v) is 5.76. The van der Waals surface area contributed by atoms with Crippen LogP contribution in [-0.2, 0) is 14.3 Å². The minimum atomic E-state index is -0.307. The zero-order valence-electron chi connectivity index (χ0n) is 10.9. The highest BCUT2D eigenvalue weighted by Gasteiger charge is 2.28. The van der Waals surface area contributed by atoms with Crippen molar-refractivity contribution in [2.45, 2.75) is 51.7 Å². The molecule has 2 unspecified atom stereocenters. The Morgan fingerprint density at radius 2 is 1.82 bits per heavy atom. The van der Waals surface area contributed by atoms with E-state index in [-0.39, 0.29) is 18.2 Å². The van der Waals surface area contributed by atoms with Crippen molar-refractivity contribution in [2.24, 2.45) is 0 Å². The van der Waals surface area contributed by atoms with Crippen LogP contribution in [0.4, 0.5) is 0 Å². The van der Waals surface area contributed by atoms with E-state index in [1.54, 1.807) is 20.1 Å². The van der Waals surface area contributed by atoms with Gasteiger partial charge in [-0.1, -0.05) is 13.0 Å². The van der Waals surface area contributed by atoms with Gasteiger partial charge in [0.2, 0.25) is 0 Å². The van der Waals surface area contributed by atoms with Gasteiger partial charge in [-0.05, 0) is 26.2 Å². The summed E-state index contributed by atoms with van der Waals surface area (Å²) in [5.74, 6) is -0.307. The highest BCUT2D eigenvalue weighted by atomic mass is 16.6. The van der Waals surface area contributed by atoms with Crippen LogP contribution in [-0.4, -0.2) is 25.3 Å². The molecule has 0 aliphatic heterocycles. The van der Waals surface area contributed by atoms with Crippen molar-refractivity contribution in [1.82, 2.24) is 0 Å². The van der Waals surface area contributed by atoms with E-state index in [2.05, 4.69) is 6.58 Å². The first-order chi connectivity index (χ1) is 8.06. The van der Waals surface area contributed by atoms with Gasteiger partial charge < -0.3 is 9.47 Å². The molecule has 1 rings (SSSR count). The van der Waals surface area contributed by atoms with Gasteiger partial charge in [0.05, 0.1) is 12.2 Å². The molecule has 1 fully saturated rings. The number of carbonyl (C=O) groups is 1. The minimum Gasteiger partial charge on any atom is -0.456 e. The number of hydrogen-bond donors (Lipinski definition) is 0. The van der Waals surface area contributed by atoms with E-state index in [1.807, 2.05) is 0 Å². The Balaban J connectivity index is 0.000000770. The molecule has 0 N–H and O–H groups in total. The summed E-state index contributed by atoms with van der Waals surface area (Å²) in [6.07, 6.45) is 4.11. The van der Waals surface area contributed by atoms with Gasteiger partial charge in [0.1, 0.15) is 6.10 Å². The van der Waals surface area contributed by atoms with Crippen LogP contribution >= 0.6 is 0 Å². The molecule has 0 aromatic heterocycles. The van der Waals surface area contributed by atoms with Crippen LogP contribution in [0.5, 0.6) is 0 Å². The van der Waals surface area contributed by atoms with E-state index in [4.69, 9.17) is 14.7 Å². The van der Waals surface area contributed by atoms with Gasteiger partial charge in [-0.25, -0.2) is 4.79 Å². The van der Waals surface area contributed by atoms with Crippen molar-refractivity contribution < 1.29 is 14.3 Å². The lowest BCUT2D eigenvalue weighted by Crippen LogP contribution is -2.35. The molecule has 0 aromatic rings. The summed E-state index contributed by atoms with van der Waals surface area (Å²) >= 11 is 0. The Labute approximate surface area is 103 Å². The summed E-state index contributed by atoms with van der Waals surface area (Å²) in [6.45, 7) is 6.65. The molecule has 0 spiro atoms. The van der Waals surface area contributed by atoms with Crippen LogP contribution in [0.2, 0.25) is 0 Å². The summed E-state index contributed by atoms with van der Waals surface area (Å²) in [5.41, 5.74) is 0.449. The average molecular weight is 239 g/mol. The molecular formula is C13H21NO3. The summed E-state index contributed by atoms with van der Waals surface area (Å²) in [6, 6.07) is 1.75. The molecule has 4 nitrogen and oxygen atoms in total. The lowest BCUT2D eigenvalue weighted by Gasteiger charge is -2.29. The molecule has 0 saturated heterocycles. The van der Waals surface area contributed by atoms with Crippen LogP contribution in [0.25, 0.3) is 0 Å². The normalized spacial score (nSPS) is 22.7. The maximum atomic E-state index is 11.3. The van der Waals surface area contributed by atoms with Gasteiger partial charge in [0, 0.05) is 19.6 Å². The van der Waals surface area contributed by atoms with E-state index in [0.29, 0.717) is 5.57 Å². The van der Waals surface area contributed by atoms with Crippen molar-refractivity contribution in [2.75, 3.05) is 7.11 Å². The third kappa shape index (κ3) is 6.08. The van der Waals surface area contributed by atoms with Crippen molar-refractivity contribution in [1.29, 1.82) is 5.26 Å². The Morgan fingerprint density at radius 1 is 1.35 bits per heavy atom. The fraction of sp³-hybridized carbons (Fsp3) is 0.692. The van der Waals surface area contributed by atoms with Crippen LogP contribution < -0.4 is 0 Å². The Bertz CT molecular complexity index is 294. The molecule has 2 atom stereocenters. The van der Waals surface area contributed by atoms with Crippen molar-refractivity contribution in [3.05, 3.63) is 12.2 Å². The molecular weight excluding hydrogens is 218 g/mol. The van der Waals surface area contributed by atoms with E-state index in [9.17, 15) is 4.79 Å². The number of ether oxygens (including phenoxy) is 2. The molecule has 96 valence electrons. The molecule has 0 bridgehead atoms. The highest BCUT2D eigenvalue weighted by molar-refractivity contribution is 5.87. The van der Waals surface area contributed by atoms with E-state index >= 15 is 0 Å². The summed E-state index contributed by atoms with van der Waals surface area (Å²) in [4.78, 5) is 11.3. The van der Waals surface area contributed by atoms with Crippen molar-refractivity contribution in [3.8, 4) is 6.07 Å². The van der Waals surface area contributed by atoms with E-state index in [1.165, 1.54) is 6.92 Å². The van der Waals surface area contributed by atoms with Gasteiger partial charge in [-0.2, -0.15) is 5.26 Å². The summed E-state index contributed by atoms with van der Waals surface area (Å²) in [7, 11) is 1.66. The van der Waals surface area contributed by atoms with Gasteiger partial charge in [-0.15, -0.1) is 0 Å². The van der Waals surface area contributed by atoms with Crippen LogP contribution in [0.1, 0.15) is 39.5 Å². The maximum Gasteiger partial charge on any atom is 0.333 e. The first kappa shape index (κ1) is 15.7. The van der Waals surface area contributed by atoms with Gasteiger partial charge in [-0.3, -0.25) is 0 Å². The quantitative estimate of drug-likeness (QED) is 0.561. The Morgan fingerprint density at radius 3 is 2.24 bits per heavy atom. The van der Waals surface area contributed by atoms with E-state index in [0.717, 1.165) is 25.7 Å². The summed E-state index contributed by atoms with van der Waals surface area (Å²) in [5, 5.41) is 7.32. The summed E-state index contributed by atoms with van der Waals surface area (Å²) < 4.78 is 10.6. The number of esters is 1. The second-order valence-electron chi connectivity index (χ2n) is 4.01. The molecule has 1 aliphatic carbocycles. The fourth-order valence-corrected chi connectivity index (χ4v) is 1.71. The van der Waals surface area contributed by atoms with Gasteiger partial charge >= 0.3 is 5.97 Å². The van der Waals surface area contributed by atoms with Gasteiger partial charge in [0.15, 0.2) is 0 Å². The Hall–Kier alpha value is -1.34. The van der Waals surface area contributed by atoms with Crippen LogP contribution in [0.15, 0.2) is 12.2 Å². The minimum absolute atomic E-state index is 0.0621. The number of carbonyl (C=O) groups excluding carboxylic acids is 1. The average Bonchev–Trinajstić information content (AvgIpc) is 2.30. The van der Waals surface area contributed by atoms with E-state index < -0.39 is 0 Å². The van der Waals surface area contributed by atoms with Crippen LogP contribution in [0.3, 0.4) is 0 Å². The monoisotopic (exact) mass is 239 g/mol. The third-order valence-electron chi connectivity index (χ3n) is 2.55. The largest absolute Gasteiger partial charge is 0.456 e. The number of hydrogen-bond acceptors (Lipinski definition) is 4. The highest BCUT2D eigenvalue weighted by Crippen LogP contribution is 2.23. The molecule has 17 heavy (non-hydrogen) atoms. The molecule has 1 aliphatic rings. The molecule has 4 heteroatoms. The SMILES string of the molecule is C=C(C)C(=O)OC1CCCCC1OC.CC#N. The maximum absolute atomic E-state index is 11.3. The topological polar surface area (TPSA) is 59.3 Å². The third-order valence-corrected chi connectivity index (χ3v) is 2.55. The second-order valence-corrected chi connectivity index (χ2v) is 4.01. The smallest absolute Gasteiger partial charge is 0.333 e. The number of methoxy groups -OCH3 is 1. The Kier molecular flexibility index (Phi) is 8.08.